The van der Waals surface area contributed by atoms with Crippen molar-refractivity contribution < 1.29 is 4.79 Å². The molecule has 2 saturated heterocycles. The Morgan fingerprint density at radius 1 is 1.04 bits per heavy atom. The van der Waals surface area contributed by atoms with Crippen LogP contribution in [0.4, 0.5) is 17.1 Å². The zero-order valence-corrected chi connectivity index (χ0v) is 16.0. The van der Waals surface area contributed by atoms with Crippen molar-refractivity contribution in [3.05, 3.63) is 48.3 Å². The number of pyridine rings is 1. The van der Waals surface area contributed by atoms with Gasteiger partial charge in [-0.25, -0.2) is 0 Å². The topological polar surface area (TPSA) is 48.5 Å². The summed E-state index contributed by atoms with van der Waals surface area (Å²) in [5.41, 5.74) is 3.79. The maximum absolute atomic E-state index is 12.8. The normalized spacial score (nSPS) is 20.0. The average molecular weight is 364 g/mol. The van der Waals surface area contributed by atoms with Gasteiger partial charge in [0.15, 0.2) is 0 Å². The van der Waals surface area contributed by atoms with Crippen molar-refractivity contribution in [2.75, 3.05) is 36.4 Å². The molecule has 0 spiro atoms. The first-order chi connectivity index (χ1) is 13.2. The molecule has 5 nitrogen and oxygen atoms in total. The number of carbonyl (C=O) groups is 1. The second-order valence-corrected chi connectivity index (χ2v) is 7.83. The van der Waals surface area contributed by atoms with Crippen LogP contribution in [0, 0.1) is 5.92 Å². The number of likely N-dealkylation sites (tertiary alicyclic amines) is 1. The van der Waals surface area contributed by atoms with Crippen molar-refractivity contribution in [3.63, 3.8) is 0 Å². The maximum Gasteiger partial charge on any atom is 0.255 e. The second-order valence-electron chi connectivity index (χ2n) is 7.83. The molecule has 2 aliphatic heterocycles. The van der Waals surface area contributed by atoms with Crippen LogP contribution in [0.1, 0.15) is 43.0 Å². The number of benzene rings is 1. The van der Waals surface area contributed by atoms with Crippen LogP contribution in [0.2, 0.25) is 0 Å². The number of hydrogen-bond donors (Lipinski definition) is 1. The molecular formula is C22H28N4O. The van der Waals surface area contributed by atoms with Crippen LogP contribution in [-0.2, 0) is 0 Å². The molecule has 1 amide bonds. The molecule has 2 aromatic rings. The Balaban J connectivity index is 1.43. The van der Waals surface area contributed by atoms with Gasteiger partial charge in [-0.2, -0.15) is 0 Å². The summed E-state index contributed by atoms with van der Waals surface area (Å²) < 4.78 is 0. The number of carbonyl (C=O) groups excluding carboxylic acids is 1. The zero-order chi connectivity index (χ0) is 18.6. The third kappa shape index (κ3) is 4.24. The van der Waals surface area contributed by atoms with Crippen LogP contribution in [-0.4, -0.2) is 42.0 Å². The Labute approximate surface area is 161 Å². The summed E-state index contributed by atoms with van der Waals surface area (Å²) in [6.45, 7) is 6.20. The van der Waals surface area contributed by atoms with E-state index in [2.05, 4.69) is 46.4 Å². The third-order valence-corrected chi connectivity index (χ3v) is 5.56. The Hall–Kier alpha value is -2.56. The number of aromatic nitrogens is 1. The van der Waals surface area contributed by atoms with E-state index in [1.165, 1.54) is 24.9 Å². The smallest absolute Gasteiger partial charge is 0.255 e. The SMILES string of the molecule is CC1CCCN(C(=O)c2cncc(Nc3ccc(N4CCCC4)cc3)c2)C1. The van der Waals surface area contributed by atoms with E-state index in [1.54, 1.807) is 12.4 Å². The van der Waals surface area contributed by atoms with Gasteiger partial charge in [-0.1, -0.05) is 6.92 Å². The van der Waals surface area contributed by atoms with Crippen molar-refractivity contribution in [1.82, 2.24) is 9.88 Å². The van der Waals surface area contributed by atoms with E-state index in [0.717, 1.165) is 44.0 Å². The second kappa shape index (κ2) is 7.99. The molecule has 4 rings (SSSR count). The Morgan fingerprint density at radius 3 is 2.56 bits per heavy atom. The number of nitrogens with zero attached hydrogens (tertiary/aromatic N) is 3. The van der Waals surface area contributed by atoms with Crippen molar-refractivity contribution >= 4 is 23.0 Å². The highest BCUT2D eigenvalue weighted by molar-refractivity contribution is 5.95. The summed E-state index contributed by atoms with van der Waals surface area (Å²) in [4.78, 5) is 21.5. The molecule has 1 unspecified atom stereocenters. The lowest BCUT2D eigenvalue weighted by Gasteiger charge is -2.31. The van der Waals surface area contributed by atoms with E-state index in [1.807, 2.05) is 11.0 Å². The lowest BCUT2D eigenvalue weighted by atomic mass is 10.00. The summed E-state index contributed by atoms with van der Waals surface area (Å²) in [7, 11) is 0. The molecule has 2 fully saturated rings. The molecule has 1 N–H and O–H groups in total. The molecule has 0 saturated carbocycles. The summed E-state index contributed by atoms with van der Waals surface area (Å²) in [5, 5.41) is 3.38. The Kier molecular flexibility index (Phi) is 5.28. The van der Waals surface area contributed by atoms with Crippen molar-refractivity contribution in [3.8, 4) is 0 Å². The minimum Gasteiger partial charge on any atom is -0.372 e. The lowest BCUT2D eigenvalue weighted by Crippen LogP contribution is -2.39. The number of rotatable bonds is 4. The lowest BCUT2D eigenvalue weighted by molar-refractivity contribution is 0.0682. The summed E-state index contributed by atoms with van der Waals surface area (Å²) in [5.74, 6) is 0.660. The van der Waals surface area contributed by atoms with Gasteiger partial charge in [0.25, 0.3) is 5.91 Å². The quantitative estimate of drug-likeness (QED) is 0.879. The largest absolute Gasteiger partial charge is 0.372 e. The minimum absolute atomic E-state index is 0.0853. The fraction of sp³-hybridized carbons (Fsp3) is 0.455. The van der Waals surface area contributed by atoms with E-state index in [0.29, 0.717) is 11.5 Å². The number of nitrogens with one attached hydrogen (secondary N) is 1. The Bertz CT molecular complexity index is 783. The molecule has 3 heterocycles. The van der Waals surface area contributed by atoms with Gasteiger partial charge in [0.1, 0.15) is 0 Å². The maximum atomic E-state index is 12.8. The van der Waals surface area contributed by atoms with Crippen LogP contribution in [0.25, 0.3) is 0 Å². The highest BCUT2D eigenvalue weighted by Crippen LogP contribution is 2.24. The van der Waals surface area contributed by atoms with Gasteiger partial charge in [-0.05, 0) is 61.9 Å². The van der Waals surface area contributed by atoms with Gasteiger partial charge in [0.2, 0.25) is 0 Å². The van der Waals surface area contributed by atoms with E-state index in [4.69, 9.17) is 0 Å². The summed E-state index contributed by atoms with van der Waals surface area (Å²) >= 11 is 0. The first-order valence-electron chi connectivity index (χ1n) is 10.1. The van der Waals surface area contributed by atoms with Crippen LogP contribution in [0.3, 0.4) is 0 Å². The van der Waals surface area contributed by atoms with Crippen molar-refractivity contribution in [2.45, 2.75) is 32.6 Å². The first kappa shape index (κ1) is 17.8. The molecule has 2 aliphatic rings. The summed E-state index contributed by atoms with van der Waals surface area (Å²) in [6, 6.07) is 10.4. The molecule has 1 atom stereocenters. The molecule has 0 radical (unpaired) electrons. The first-order valence-corrected chi connectivity index (χ1v) is 10.1. The molecule has 27 heavy (non-hydrogen) atoms. The third-order valence-electron chi connectivity index (χ3n) is 5.56. The Morgan fingerprint density at radius 2 is 1.81 bits per heavy atom. The number of anilines is 3. The van der Waals surface area contributed by atoms with Gasteiger partial charge in [-0.3, -0.25) is 9.78 Å². The van der Waals surface area contributed by atoms with Gasteiger partial charge in [0.05, 0.1) is 17.4 Å². The predicted octanol–water partition coefficient (Wildman–Crippen LogP) is 4.30. The van der Waals surface area contributed by atoms with Crippen LogP contribution >= 0.6 is 0 Å². The molecule has 142 valence electrons. The highest BCUT2D eigenvalue weighted by atomic mass is 16.2. The van der Waals surface area contributed by atoms with Crippen LogP contribution in [0.15, 0.2) is 42.7 Å². The van der Waals surface area contributed by atoms with E-state index in [9.17, 15) is 4.79 Å². The zero-order valence-electron chi connectivity index (χ0n) is 16.0. The van der Waals surface area contributed by atoms with Gasteiger partial charge < -0.3 is 15.1 Å². The molecule has 5 heteroatoms. The number of hydrogen-bond acceptors (Lipinski definition) is 4. The van der Waals surface area contributed by atoms with E-state index < -0.39 is 0 Å². The number of amides is 1. The fourth-order valence-electron chi connectivity index (χ4n) is 4.08. The van der Waals surface area contributed by atoms with Crippen molar-refractivity contribution in [1.29, 1.82) is 0 Å². The summed E-state index contributed by atoms with van der Waals surface area (Å²) in [6.07, 6.45) is 8.29. The van der Waals surface area contributed by atoms with E-state index in [-0.39, 0.29) is 5.91 Å². The fourth-order valence-corrected chi connectivity index (χ4v) is 4.08. The monoisotopic (exact) mass is 364 g/mol. The minimum atomic E-state index is 0.0853. The van der Waals surface area contributed by atoms with Gasteiger partial charge in [-0.15, -0.1) is 0 Å². The van der Waals surface area contributed by atoms with Crippen LogP contribution < -0.4 is 10.2 Å². The molecule has 1 aromatic carbocycles. The predicted molar refractivity (Wildman–Crippen MR) is 110 cm³/mol. The molecule has 1 aromatic heterocycles. The van der Waals surface area contributed by atoms with Gasteiger partial charge >= 0.3 is 0 Å². The standard InChI is InChI=1S/C22H28N4O/c1-17-5-4-12-26(16-17)22(27)18-13-20(15-23-14-18)24-19-6-8-21(9-7-19)25-10-2-3-11-25/h6-9,13-15,17,24H,2-5,10-12,16H2,1H3. The average Bonchev–Trinajstić information content (AvgIpc) is 3.23. The molecule has 0 bridgehead atoms. The van der Waals surface area contributed by atoms with Gasteiger partial charge in [0, 0.05) is 43.8 Å². The molecule has 0 aliphatic carbocycles. The van der Waals surface area contributed by atoms with Crippen LogP contribution in [0.5, 0.6) is 0 Å². The van der Waals surface area contributed by atoms with Crippen molar-refractivity contribution in [2.24, 2.45) is 5.92 Å². The molecular weight excluding hydrogens is 336 g/mol. The highest BCUT2D eigenvalue weighted by Gasteiger charge is 2.22. The number of piperidine rings is 1. The van der Waals surface area contributed by atoms with E-state index >= 15 is 0 Å².